The van der Waals surface area contributed by atoms with Gasteiger partial charge in [0.05, 0.1) is 10.7 Å². The molecule has 0 atom stereocenters. The maximum atomic E-state index is 12.2. The van der Waals surface area contributed by atoms with Crippen molar-refractivity contribution in [2.45, 2.75) is 32.5 Å². The van der Waals surface area contributed by atoms with Gasteiger partial charge in [-0.15, -0.1) is 10.2 Å². The molecule has 0 spiro atoms. The molecule has 0 aliphatic heterocycles. The molecule has 1 amide bonds. The van der Waals surface area contributed by atoms with Crippen molar-refractivity contribution in [1.29, 1.82) is 0 Å². The zero-order valence-corrected chi connectivity index (χ0v) is 18.1. The van der Waals surface area contributed by atoms with E-state index in [9.17, 15) is 14.9 Å². The van der Waals surface area contributed by atoms with E-state index in [0.29, 0.717) is 22.2 Å². The predicted octanol–water partition coefficient (Wildman–Crippen LogP) is 3.14. The Labute approximate surface area is 182 Å². The molecule has 0 saturated heterocycles. The van der Waals surface area contributed by atoms with Gasteiger partial charge in [-0.25, -0.2) is 4.68 Å². The predicted molar refractivity (Wildman–Crippen MR) is 118 cm³/mol. The first-order chi connectivity index (χ1) is 14.8. The van der Waals surface area contributed by atoms with Gasteiger partial charge in [0.15, 0.2) is 5.82 Å². The first-order valence-electron chi connectivity index (χ1n) is 9.32. The number of nitrogens with two attached hydrogens (primary N) is 1. The molecule has 1 heterocycles. The van der Waals surface area contributed by atoms with Crippen molar-refractivity contribution >= 4 is 29.0 Å². The highest BCUT2D eigenvalue weighted by atomic mass is 32.2. The molecule has 0 aliphatic rings. The van der Waals surface area contributed by atoms with Crippen LogP contribution in [-0.2, 0) is 11.4 Å². The van der Waals surface area contributed by atoms with Crippen LogP contribution < -0.4 is 15.9 Å². The van der Waals surface area contributed by atoms with E-state index < -0.39 is 4.92 Å². The summed E-state index contributed by atoms with van der Waals surface area (Å²) < 4.78 is 7.13. The largest absolute Gasteiger partial charge is 0.485 e. The third kappa shape index (κ3) is 5.31. The van der Waals surface area contributed by atoms with E-state index in [1.165, 1.54) is 10.7 Å². The normalized spacial score (nSPS) is 10.7. The molecule has 31 heavy (non-hydrogen) atoms. The number of amides is 1. The number of nitrogens with one attached hydrogen (secondary N) is 1. The number of hydrogen-bond acceptors (Lipinski definition) is 8. The number of thioether (sulfide) groups is 1. The first kappa shape index (κ1) is 22.1. The number of aryl methyl sites for hydroxylation is 3. The molecule has 0 fully saturated rings. The molecule has 0 unspecified atom stereocenters. The highest BCUT2D eigenvalue weighted by molar-refractivity contribution is 7.99. The van der Waals surface area contributed by atoms with Gasteiger partial charge < -0.3 is 15.9 Å². The van der Waals surface area contributed by atoms with Crippen LogP contribution in [0.5, 0.6) is 5.75 Å². The topological polar surface area (TPSA) is 138 Å². The minimum atomic E-state index is -0.487. The van der Waals surface area contributed by atoms with Crippen LogP contribution in [0.2, 0.25) is 0 Å². The van der Waals surface area contributed by atoms with Gasteiger partial charge in [0.1, 0.15) is 12.4 Å². The third-order valence-electron chi connectivity index (χ3n) is 4.51. The lowest BCUT2D eigenvalue weighted by atomic mass is 10.1. The summed E-state index contributed by atoms with van der Waals surface area (Å²) in [4.78, 5) is 22.8. The standard InChI is InChI=1S/C20H22N6O4S/c1-12-7-8-15(9-16(12)26(28)29)22-18(27)11-31-20-24-23-17(25(20)21)10-30-19-13(2)5-4-6-14(19)3/h4-9H,10-11,21H2,1-3H3,(H,22,27). The van der Waals surface area contributed by atoms with Gasteiger partial charge in [-0.1, -0.05) is 36.0 Å². The van der Waals surface area contributed by atoms with Gasteiger partial charge in [0, 0.05) is 17.3 Å². The van der Waals surface area contributed by atoms with Crippen LogP contribution >= 0.6 is 11.8 Å². The zero-order chi connectivity index (χ0) is 22.5. The zero-order valence-electron chi connectivity index (χ0n) is 17.3. The SMILES string of the molecule is Cc1ccc(NC(=O)CSc2nnc(COc3c(C)cccc3C)n2N)cc1[N+](=O)[O-]. The van der Waals surface area contributed by atoms with Crippen LogP contribution in [0.4, 0.5) is 11.4 Å². The average molecular weight is 443 g/mol. The van der Waals surface area contributed by atoms with E-state index in [-0.39, 0.29) is 24.0 Å². The van der Waals surface area contributed by atoms with Crippen LogP contribution in [0.15, 0.2) is 41.6 Å². The average Bonchev–Trinajstić information content (AvgIpc) is 3.07. The lowest BCUT2D eigenvalue weighted by molar-refractivity contribution is -0.385. The summed E-state index contributed by atoms with van der Waals surface area (Å²) in [6, 6.07) is 10.4. The highest BCUT2D eigenvalue weighted by Crippen LogP contribution is 2.24. The van der Waals surface area contributed by atoms with Crippen molar-refractivity contribution in [2.75, 3.05) is 16.9 Å². The molecule has 3 rings (SSSR count). The summed E-state index contributed by atoms with van der Waals surface area (Å²) in [5, 5.41) is 22.1. The Morgan fingerprint density at radius 2 is 1.90 bits per heavy atom. The van der Waals surface area contributed by atoms with E-state index in [0.717, 1.165) is 28.6 Å². The Morgan fingerprint density at radius 1 is 1.19 bits per heavy atom. The van der Waals surface area contributed by atoms with Crippen LogP contribution in [0, 0.1) is 30.9 Å². The minimum Gasteiger partial charge on any atom is -0.485 e. The highest BCUT2D eigenvalue weighted by Gasteiger charge is 2.15. The van der Waals surface area contributed by atoms with Gasteiger partial charge >= 0.3 is 0 Å². The van der Waals surface area contributed by atoms with Crippen LogP contribution in [0.1, 0.15) is 22.5 Å². The molecule has 0 saturated carbocycles. The van der Waals surface area contributed by atoms with Crippen LogP contribution in [0.25, 0.3) is 0 Å². The van der Waals surface area contributed by atoms with E-state index >= 15 is 0 Å². The number of ether oxygens (including phenoxy) is 1. The quantitative estimate of drug-likeness (QED) is 0.235. The minimum absolute atomic E-state index is 0.00870. The van der Waals surface area contributed by atoms with Gasteiger partial charge in [-0.2, -0.15) is 0 Å². The van der Waals surface area contributed by atoms with Crippen molar-refractivity contribution in [3.63, 3.8) is 0 Å². The van der Waals surface area contributed by atoms with Crippen LogP contribution in [-0.4, -0.2) is 31.5 Å². The van der Waals surface area contributed by atoms with E-state index in [4.69, 9.17) is 10.6 Å². The summed E-state index contributed by atoms with van der Waals surface area (Å²) in [7, 11) is 0. The molecule has 10 nitrogen and oxygen atoms in total. The number of nitrogens with zero attached hydrogens (tertiary/aromatic N) is 4. The molecule has 1 aromatic heterocycles. The second-order valence-corrected chi connectivity index (χ2v) is 7.82. The van der Waals surface area contributed by atoms with Crippen molar-refractivity contribution in [2.24, 2.45) is 0 Å². The summed E-state index contributed by atoms with van der Waals surface area (Å²) in [6.45, 7) is 5.68. The second kappa shape index (κ2) is 9.47. The maximum absolute atomic E-state index is 12.2. The summed E-state index contributed by atoms with van der Waals surface area (Å²) in [5.41, 5.74) is 2.82. The number of nitro groups is 1. The lowest BCUT2D eigenvalue weighted by Gasteiger charge is -2.11. The number of aromatic nitrogens is 3. The Morgan fingerprint density at radius 3 is 2.58 bits per heavy atom. The molecule has 3 N–H and O–H groups in total. The molecule has 0 radical (unpaired) electrons. The van der Waals surface area contributed by atoms with Crippen LogP contribution in [0.3, 0.4) is 0 Å². The maximum Gasteiger partial charge on any atom is 0.274 e. The monoisotopic (exact) mass is 442 g/mol. The lowest BCUT2D eigenvalue weighted by Crippen LogP contribution is -2.18. The molecule has 3 aromatic rings. The Balaban J connectivity index is 1.58. The molecule has 2 aromatic carbocycles. The number of anilines is 1. The Hall–Kier alpha value is -3.60. The van der Waals surface area contributed by atoms with Gasteiger partial charge in [0.2, 0.25) is 11.1 Å². The fourth-order valence-electron chi connectivity index (χ4n) is 2.88. The van der Waals surface area contributed by atoms with Gasteiger partial charge in [-0.3, -0.25) is 14.9 Å². The molecule has 162 valence electrons. The number of carbonyl (C=O) groups excluding carboxylic acids is 1. The second-order valence-electron chi connectivity index (χ2n) is 6.87. The summed E-state index contributed by atoms with van der Waals surface area (Å²) in [5.74, 6) is 6.88. The van der Waals surface area contributed by atoms with Gasteiger partial charge in [-0.05, 0) is 38.0 Å². The number of rotatable bonds is 8. The number of nitrogen functional groups attached to an aromatic ring is 1. The molecule has 0 bridgehead atoms. The molecule has 0 aliphatic carbocycles. The molecular weight excluding hydrogens is 420 g/mol. The van der Waals surface area contributed by atoms with Crippen molar-refractivity contribution in [3.8, 4) is 5.75 Å². The number of carbonyl (C=O) groups is 1. The number of benzene rings is 2. The Bertz CT molecular complexity index is 1110. The Kier molecular flexibility index (Phi) is 6.75. The smallest absolute Gasteiger partial charge is 0.274 e. The fourth-order valence-corrected chi connectivity index (χ4v) is 3.55. The molecular formula is C20H22N6O4S. The number of hydrogen-bond donors (Lipinski definition) is 2. The fraction of sp³-hybridized carbons (Fsp3) is 0.250. The van der Waals surface area contributed by atoms with E-state index in [1.54, 1.807) is 19.1 Å². The van der Waals surface area contributed by atoms with Crippen molar-refractivity contribution < 1.29 is 14.5 Å². The third-order valence-corrected chi connectivity index (χ3v) is 5.45. The molecule has 11 heteroatoms. The number of nitro benzene ring substituents is 1. The van der Waals surface area contributed by atoms with E-state index in [1.807, 2.05) is 32.0 Å². The number of para-hydroxylation sites is 1. The van der Waals surface area contributed by atoms with Gasteiger partial charge in [0.25, 0.3) is 5.69 Å². The van der Waals surface area contributed by atoms with Crippen molar-refractivity contribution in [1.82, 2.24) is 14.9 Å². The van der Waals surface area contributed by atoms with Crippen molar-refractivity contribution in [3.05, 3.63) is 69.0 Å². The van der Waals surface area contributed by atoms with E-state index in [2.05, 4.69) is 15.5 Å². The first-order valence-corrected chi connectivity index (χ1v) is 10.3. The summed E-state index contributed by atoms with van der Waals surface area (Å²) in [6.07, 6.45) is 0. The summed E-state index contributed by atoms with van der Waals surface area (Å²) >= 11 is 1.10.